The lowest BCUT2D eigenvalue weighted by Gasteiger charge is -2.29. The summed E-state index contributed by atoms with van der Waals surface area (Å²) in [7, 11) is 0. The quantitative estimate of drug-likeness (QED) is 0.543. The van der Waals surface area contributed by atoms with E-state index >= 15 is 0 Å². The van der Waals surface area contributed by atoms with Crippen molar-refractivity contribution in [2.45, 2.75) is 24.4 Å². The van der Waals surface area contributed by atoms with Crippen molar-refractivity contribution in [2.75, 3.05) is 0 Å². The van der Waals surface area contributed by atoms with Gasteiger partial charge < -0.3 is 4.84 Å². The molecule has 1 atom stereocenters. The van der Waals surface area contributed by atoms with Crippen LogP contribution < -0.4 is 0 Å². The second-order valence-corrected chi connectivity index (χ2v) is 5.95. The maximum atomic E-state index is 13.8. The number of carbonyl (C=O) groups is 1. The van der Waals surface area contributed by atoms with Crippen molar-refractivity contribution >= 4 is 12.0 Å². The van der Waals surface area contributed by atoms with E-state index in [1.54, 1.807) is 0 Å². The fourth-order valence-electron chi connectivity index (χ4n) is 2.74. The van der Waals surface area contributed by atoms with E-state index in [4.69, 9.17) is 4.84 Å². The van der Waals surface area contributed by atoms with Gasteiger partial charge in [-0.15, -0.1) is 0 Å². The van der Waals surface area contributed by atoms with E-state index in [0.29, 0.717) is 29.5 Å². The van der Waals surface area contributed by atoms with Crippen LogP contribution in [0.3, 0.4) is 0 Å². The van der Waals surface area contributed by atoms with E-state index in [9.17, 15) is 31.1 Å². The highest BCUT2D eigenvalue weighted by Gasteiger charge is 2.62. The molecule has 0 saturated heterocycles. The molecular weight excluding hydrogens is 376 g/mol. The Bertz CT molecular complexity index is 869. The molecule has 0 fully saturated rings. The first-order valence-corrected chi connectivity index (χ1v) is 7.62. The zero-order valence-electron chi connectivity index (χ0n) is 13.4. The van der Waals surface area contributed by atoms with Crippen molar-refractivity contribution < 1.29 is 36.0 Å². The molecule has 0 bridgehead atoms. The molecule has 0 saturated carbocycles. The van der Waals surface area contributed by atoms with E-state index in [-0.39, 0.29) is 5.71 Å². The minimum absolute atomic E-state index is 0.0235. The third kappa shape index (κ3) is 3.41. The minimum atomic E-state index is -4.92. The zero-order valence-corrected chi connectivity index (χ0v) is 13.4. The molecule has 0 spiro atoms. The van der Waals surface area contributed by atoms with Gasteiger partial charge in [0.25, 0.3) is 5.60 Å². The highest BCUT2D eigenvalue weighted by atomic mass is 19.4. The number of alkyl halides is 6. The molecule has 2 aromatic rings. The summed E-state index contributed by atoms with van der Waals surface area (Å²) in [5.74, 6) is 0. The number of nitrogens with zero attached hydrogens (tertiary/aromatic N) is 1. The lowest BCUT2D eigenvalue weighted by atomic mass is 9.86. The van der Waals surface area contributed by atoms with Crippen molar-refractivity contribution in [1.29, 1.82) is 0 Å². The third-order valence-electron chi connectivity index (χ3n) is 4.24. The third-order valence-corrected chi connectivity index (χ3v) is 4.24. The van der Waals surface area contributed by atoms with Gasteiger partial charge in [-0.25, -0.2) is 0 Å². The molecule has 142 valence electrons. The van der Waals surface area contributed by atoms with Crippen molar-refractivity contribution in [3.05, 3.63) is 70.8 Å². The molecule has 1 aliphatic rings. The Balaban J connectivity index is 1.95. The lowest BCUT2D eigenvalue weighted by Crippen LogP contribution is -2.42. The predicted molar refractivity (Wildman–Crippen MR) is 83.2 cm³/mol. The van der Waals surface area contributed by atoms with Crippen LogP contribution in [0.4, 0.5) is 26.3 Å². The van der Waals surface area contributed by atoms with Gasteiger partial charge in [-0.3, -0.25) is 4.79 Å². The van der Waals surface area contributed by atoms with E-state index in [2.05, 4.69) is 5.16 Å². The summed E-state index contributed by atoms with van der Waals surface area (Å²) in [4.78, 5) is 15.4. The Labute approximate surface area is 149 Å². The fraction of sp³-hybridized carbons (Fsp3) is 0.222. The van der Waals surface area contributed by atoms with Crippen LogP contribution in [0.15, 0.2) is 53.7 Å². The Kier molecular flexibility index (Phi) is 4.49. The van der Waals surface area contributed by atoms with Crippen molar-refractivity contribution in [3.8, 4) is 0 Å². The first-order chi connectivity index (χ1) is 12.6. The topological polar surface area (TPSA) is 38.7 Å². The minimum Gasteiger partial charge on any atom is -0.374 e. The van der Waals surface area contributed by atoms with Gasteiger partial charge in [0, 0.05) is 17.5 Å². The number of benzene rings is 2. The molecule has 0 radical (unpaired) electrons. The highest BCUT2D eigenvalue weighted by Crippen LogP contribution is 2.49. The average Bonchev–Trinajstić information content (AvgIpc) is 3.08. The fourth-order valence-corrected chi connectivity index (χ4v) is 2.74. The van der Waals surface area contributed by atoms with Crippen LogP contribution in [0.5, 0.6) is 0 Å². The largest absolute Gasteiger partial charge is 0.435 e. The number of oxime groups is 1. The van der Waals surface area contributed by atoms with E-state index < -0.39 is 35.5 Å². The number of hydrogen-bond acceptors (Lipinski definition) is 3. The predicted octanol–water partition coefficient (Wildman–Crippen LogP) is 5.10. The summed E-state index contributed by atoms with van der Waals surface area (Å²) in [5, 5.41) is 3.52. The first-order valence-electron chi connectivity index (χ1n) is 7.62. The molecule has 0 aromatic heterocycles. The van der Waals surface area contributed by atoms with E-state index in [1.165, 1.54) is 24.3 Å². The number of halogens is 6. The summed E-state index contributed by atoms with van der Waals surface area (Å²) in [6.45, 7) is 0. The lowest BCUT2D eigenvalue weighted by molar-refractivity contribution is -0.275. The van der Waals surface area contributed by atoms with Gasteiger partial charge in [0.15, 0.2) is 0 Å². The Morgan fingerprint density at radius 2 is 1.52 bits per heavy atom. The molecule has 27 heavy (non-hydrogen) atoms. The zero-order chi connectivity index (χ0) is 19.9. The first kappa shape index (κ1) is 18.9. The van der Waals surface area contributed by atoms with Crippen LogP contribution in [-0.4, -0.2) is 18.2 Å². The van der Waals surface area contributed by atoms with Crippen molar-refractivity contribution in [2.24, 2.45) is 5.16 Å². The summed E-state index contributed by atoms with van der Waals surface area (Å²) in [5.41, 5.74) is -3.79. The number of rotatable bonds is 3. The number of carbonyl (C=O) groups excluding carboxylic acids is 1. The summed E-state index contributed by atoms with van der Waals surface area (Å²) < 4.78 is 79.3. The van der Waals surface area contributed by atoms with Crippen LogP contribution in [0.1, 0.15) is 33.5 Å². The maximum Gasteiger partial charge on any atom is 0.435 e. The normalized spacial score (nSPS) is 20.1. The highest BCUT2D eigenvalue weighted by molar-refractivity contribution is 6.02. The van der Waals surface area contributed by atoms with Gasteiger partial charge in [0.05, 0.1) is 11.3 Å². The van der Waals surface area contributed by atoms with Crippen molar-refractivity contribution in [1.82, 2.24) is 0 Å². The molecule has 0 N–H and O–H groups in total. The smallest absolute Gasteiger partial charge is 0.374 e. The number of hydrogen-bond donors (Lipinski definition) is 0. The van der Waals surface area contributed by atoms with Crippen LogP contribution in [0.25, 0.3) is 0 Å². The molecule has 3 nitrogen and oxygen atoms in total. The summed E-state index contributed by atoms with van der Waals surface area (Å²) in [6.07, 6.45) is -9.70. The van der Waals surface area contributed by atoms with Gasteiger partial charge in [-0.1, -0.05) is 41.6 Å². The molecule has 0 aliphatic carbocycles. The maximum absolute atomic E-state index is 13.8. The molecule has 1 unspecified atom stereocenters. The van der Waals surface area contributed by atoms with Gasteiger partial charge >= 0.3 is 12.4 Å². The second kappa shape index (κ2) is 6.40. The van der Waals surface area contributed by atoms with Crippen LogP contribution in [0, 0.1) is 0 Å². The summed E-state index contributed by atoms with van der Waals surface area (Å²) in [6, 6.07) is 8.30. The Morgan fingerprint density at radius 1 is 0.926 bits per heavy atom. The van der Waals surface area contributed by atoms with Gasteiger partial charge in [-0.05, 0) is 17.7 Å². The number of aldehydes is 1. The molecule has 3 rings (SSSR count). The van der Waals surface area contributed by atoms with Gasteiger partial charge in [0.1, 0.15) is 6.29 Å². The molecule has 1 heterocycles. The molecule has 9 heteroatoms. The van der Waals surface area contributed by atoms with Crippen LogP contribution in [0.2, 0.25) is 0 Å². The SMILES string of the molecule is O=Cc1ccc(C2=NOC(c3ccc(C(F)(F)F)cc3)(C(F)(F)F)C2)cc1. The Hall–Kier alpha value is -2.84. The average molecular weight is 387 g/mol. The van der Waals surface area contributed by atoms with Gasteiger partial charge in [0.2, 0.25) is 0 Å². The van der Waals surface area contributed by atoms with Crippen LogP contribution in [-0.2, 0) is 16.6 Å². The van der Waals surface area contributed by atoms with E-state index in [0.717, 1.165) is 12.1 Å². The molecule has 2 aromatic carbocycles. The molecular formula is C18H11F6NO2. The monoisotopic (exact) mass is 387 g/mol. The van der Waals surface area contributed by atoms with Gasteiger partial charge in [-0.2, -0.15) is 26.3 Å². The molecule has 1 aliphatic heterocycles. The summed E-state index contributed by atoms with van der Waals surface area (Å²) >= 11 is 0. The van der Waals surface area contributed by atoms with Crippen LogP contribution >= 0.6 is 0 Å². The second-order valence-electron chi connectivity index (χ2n) is 5.95. The standard InChI is InChI=1S/C18H11F6NO2/c19-17(20,21)14-7-5-13(6-8-14)16(18(22,23)24)9-15(25-27-16)12-3-1-11(10-26)2-4-12/h1-8,10H,9H2. The van der Waals surface area contributed by atoms with E-state index in [1.807, 2.05) is 0 Å². The molecule has 0 amide bonds. The van der Waals surface area contributed by atoms with Crippen molar-refractivity contribution in [3.63, 3.8) is 0 Å². The Morgan fingerprint density at radius 3 is 2.00 bits per heavy atom.